The van der Waals surface area contributed by atoms with E-state index in [1.807, 2.05) is 92.7 Å². The Balaban J connectivity index is 1.29. The molecule has 3 amide bonds. The molecular formula is C34H33N5O3. The van der Waals surface area contributed by atoms with E-state index in [4.69, 9.17) is 0 Å². The summed E-state index contributed by atoms with van der Waals surface area (Å²) in [6.07, 6.45) is 0.639. The molecule has 3 aromatic carbocycles. The summed E-state index contributed by atoms with van der Waals surface area (Å²) in [5.41, 5.74) is 3.88. The molecule has 8 heteroatoms. The first kappa shape index (κ1) is 27.3. The number of H-pyrrole nitrogens is 1. The monoisotopic (exact) mass is 559 g/mol. The molecule has 1 fully saturated rings. The Kier molecular flexibility index (Phi) is 6.82. The van der Waals surface area contributed by atoms with Crippen LogP contribution in [0, 0.1) is 17.2 Å². The molecule has 0 saturated carbocycles. The van der Waals surface area contributed by atoms with E-state index in [2.05, 4.69) is 16.4 Å². The van der Waals surface area contributed by atoms with Gasteiger partial charge in [-0.2, -0.15) is 5.26 Å². The predicted molar refractivity (Wildman–Crippen MR) is 162 cm³/mol. The molecule has 6 rings (SSSR count). The van der Waals surface area contributed by atoms with E-state index in [0.717, 1.165) is 27.6 Å². The second-order valence-electron chi connectivity index (χ2n) is 11.8. The van der Waals surface area contributed by atoms with Crippen LogP contribution in [0.2, 0.25) is 0 Å². The first-order chi connectivity index (χ1) is 20.2. The normalized spacial score (nSPS) is 20.0. The van der Waals surface area contributed by atoms with Gasteiger partial charge in [0.05, 0.1) is 11.5 Å². The van der Waals surface area contributed by atoms with Gasteiger partial charge in [-0.05, 0) is 47.2 Å². The molecular weight excluding hydrogens is 526 g/mol. The van der Waals surface area contributed by atoms with Gasteiger partial charge >= 0.3 is 0 Å². The first-order valence-electron chi connectivity index (χ1n) is 14.3. The van der Waals surface area contributed by atoms with Crippen LogP contribution in [0.5, 0.6) is 0 Å². The number of aromatic amines is 1. The predicted octanol–water partition coefficient (Wildman–Crippen LogP) is 5.34. The van der Waals surface area contributed by atoms with Gasteiger partial charge in [-0.1, -0.05) is 74.5 Å². The number of amides is 3. The third-order valence-corrected chi connectivity index (χ3v) is 8.64. The summed E-state index contributed by atoms with van der Waals surface area (Å²) < 4.78 is 0. The Labute approximate surface area is 244 Å². The lowest BCUT2D eigenvalue weighted by Gasteiger charge is -2.33. The summed E-state index contributed by atoms with van der Waals surface area (Å²) in [5.74, 6) is -0.713. The molecule has 2 aliphatic rings. The molecule has 0 aliphatic carbocycles. The fourth-order valence-electron chi connectivity index (χ4n) is 6.43. The Morgan fingerprint density at radius 3 is 2.52 bits per heavy atom. The molecule has 1 spiro atoms. The van der Waals surface area contributed by atoms with Crippen molar-refractivity contribution in [3.05, 3.63) is 90.1 Å². The van der Waals surface area contributed by atoms with E-state index >= 15 is 0 Å². The van der Waals surface area contributed by atoms with Gasteiger partial charge in [0.25, 0.3) is 5.91 Å². The Morgan fingerprint density at radius 2 is 1.79 bits per heavy atom. The number of nitriles is 1. The number of para-hydroxylation sites is 1. The van der Waals surface area contributed by atoms with Crippen LogP contribution in [-0.2, 0) is 15.0 Å². The van der Waals surface area contributed by atoms with Crippen molar-refractivity contribution in [2.45, 2.75) is 44.2 Å². The zero-order valence-corrected chi connectivity index (χ0v) is 23.9. The number of likely N-dealkylation sites (tertiary alicyclic amines) is 1. The summed E-state index contributed by atoms with van der Waals surface area (Å²) in [7, 11) is 1.64. The Hall–Kier alpha value is -4.90. The number of nitrogens with one attached hydrogen (secondary N) is 2. The second kappa shape index (κ2) is 10.5. The van der Waals surface area contributed by atoms with E-state index in [1.165, 1.54) is 9.80 Å². The maximum absolute atomic E-state index is 14.2. The van der Waals surface area contributed by atoms with Gasteiger partial charge < -0.3 is 20.1 Å². The molecule has 0 bridgehead atoms. The number of hydrogen-bond donors (Lipinski definition) is 2. The number of rotatable bonds is 6. The minimum atomic E-state index is -0.981. The summed E-state index contributed by atoms with van der Waals surface area (Å²) in [4.78, 5) is 47.5. The number of anilines is 1. The SMILES string of the molecule is CC(C)C[C@@H](C(=O)N1C[C@]2(CC1C#N)C(=O)Nc1ccccc12)N(C)C(=O)c1cc2ccc(-c3ccccc3)cc2[nH]1. The number of carbonyl (C=O) groups is 3. The highest BCUT2D eigenvalue weighted by Gasteiger charge is 2.56. The molecule has 0 radical (unpaired) electrons. The van der Waals surface area contributed by atoms with Gasteiger partial charge in [-0.15, -0.1) is 0 Å². The molecule has 42 heavy (non-hydrogen) atoms. The maximum Gasteiger partial charge on any atom is 0.270 e. The van der Waals surface area contributed by atoms with Crippen molar-refractivity contribution < 1.29 is 14.4 Å². The lowest BCUT2D eigenvalue weighted by Crippen LogP contribution is -2.52. The number of hydrogen-bond acceptors (Lipinski definition) is 4. The van der Waals surface area contributed by atoms with Gasteiger partial charge in [0.1, 0.15) is 17.8 Å². The number of aromatic nitrogens is 1. The minimum Gasteiger partial charge on any atom is -0.351 e. The highest BCUT2D eigenvalue weighted by atomic mass is 16.2. The van der Waals surface area contributed by atoms with Crippen molar-refractivity contribution in [1.29, 1.82) is 5.26 Å². The fourth-order valence-corrected chi connectivity index (χ4v) is 6.43. The number of likely N-dealkylation sites (N-methyl/N-ethyl adjacent to an activating group) is 1. The maximum atomic E-state index is 14.2. The quantitative estimate of drug-likeness (QED) is 0.333. The molecule has 1 unspecified atom stereocenters. The van der Waals surface area contributed by atoms with E-state index in [-0.39, 0.29) is 36.6 Å². The third kappa shape index (κ3) is 4.51. The van der Waals surface area contributed by atoms with Crippen LogP contribution in [0.1, 0.15) is 42.7 Å². The van der Waals surface area contributed by atoms with E-state index in [1.54, 1.807) is 7.05 Å². The van der Waals surface area contributed by atoms with Gasteiger partial charge in [0.2, 0.25) is 11.8 Å². The number of fused-ring (bicyclic) bond motifs is 3. The van der Waals surface area contributed by atoms with E-state index < -0.39 is 17.5 Å². The molecule has 212 valence electrons. The zero-order valence-electron chi connectivity index (χ0n) is 23.9. The first-order valence-corrected chi connectivity index (χ1v) is 14.3. The average Bonchev–Trinajstić information content (AvgIpc) is 3.69. The van der Waals surface area contributed by atoms with Crippen molar-refractivity contribution in [1.82, 2.24) is 14.8 Å². The van der Waals surface area contributed by atoms with Crippen LogP contribution in [0.4, 0.5) is 5.69 Å². The topological polar surface area (TPSA) is 109 Å². The van der Waals surface area contributed by atoms with Crippen LogP contribution in [0.3, 0.4) is 0 Å². The standard InChI is InChI=1S/C34H33N5O3/c1-21(2)15-30(32(41)39-20-34(18-25(39)19-35)26-11-7-8-12-27(26)37-33(34)42)38(3)31(40)29-17-24-14-13-23(16-28(24)36-29)22-9-5-4-6-10-22/h4-14,16-17,21,25,30,36H,15,18,20H2,1-3H3,(H,37,42)/t25?,30-,34-/m0/s1. The van der Waals surface area contributed by atoms with Crippen LogP contribution in [0.15, 0.2) is 78.9 Å². The number of nitrogens with zero attached hydrogens (tertiary/aromatic N) is 3. The van der Waals surface area contributed by atoms with Crippen molar-refractivity contribution in [2.24, 2.45) is 5.92 Å². The van der Waals surface area contributed by atoms with Crippen molar-refractivity contribution in [3.8, 4) is 17.2 Å². The largest absolute Gasteiger partial charge is 0.351 e. The molecule has 1 saturated heterocycles. The molecule has 3 heterocycles. The lowest BCUT2D eigenvalue weighted by atomic mass is 9.80. The lowest BCUT2D eigenvalue weighted by molar-refractivity contribution is -0.136. The molecule has 4 aromatic rings. The van der Waals surface area contributed by atoms with Gasteiger partial charge in [-0.3, -0.25) is 14.4 Å². The fraction of sp³-hybridized carbons (Fsp3) is 0.294. The van der Waals surface area contributed by atoms with E-state index in [0.29, 0.717) is 17.8 Å². The van der Waals surface area contributed by atoms with Crippen molar-refractivity contribution in [2.75, 3.05) is 18.9 Å². The molecule has 8 nitrogen and oxygen atoms in total. The molecule has 2 N–H and O–H groups in total. The van der Waals surface area contributed by atoms with Crippen LogP contribution >= 0.6 is 0 Å². The van der Waals surface area contributed by atoms with Gasteiger partial charge in [0.15, 0.2) is 0 Å². The number of carbonyl (C=O) groups excluding carboxylic acids is 3. The minimum absolute atomic E-state index is 0.0954. The highest BCUT2D eigenvalue weighted by molar-refractivity contribution is 6.07. The van der Waals surface area contributed by atoms with E-state index in [9.17, 15) is 19.6 Å². The smallest absolute Gasteiger partial charge is 0.270 e. The summed E-state index contributed by atoms with van der Waals surface area (Å²) >= 11 is 0. The third-order valence-electron chi connectivity index (χ3n) is 8.64. The summed E-state index contributed by atoms with van der Waals surface area (Å²) in [5, 5.41) is 13.9. The average molecular weight is 560 g/mol. The van der Waals surface area contributed by atoms with Gasteiger partial charge in [0, 0.05) is 36.6 Å². The van der Waals surface area contributed by atoms with Crippen molar-refractivity contribution >= 4 is 34.3 Å². The van der Waals surface area contributed by atoms with Crippen molar-refractivity contribution in [3.63, 3.8) is 0 Å². The number of benzene rings is 3. The summed E-state index contributed by atoms with van der Waals surface area (Å²) in [6, 6.07) is 26.0. The zero-order chi connectivity index (χ0) is 29.6. The molecule has 3 atom stereocenters. The van der Waals surface area contributed by atoms with Crippen LogP contribution < -0.4 is 5.32 Å². The Morgan fingerprint density at radius 1 is 1.05 bits per heavy atom. The second-order valence-corrected chi connectivity index (χ2v) is 11.8. The highest BCUT2D eigenvalue weighted by Crippen LogP contribution is 2.46. The van der Waals surface area contributed by atoms with Gasteiger partial charge in [-0.25, -0.2) is 0 Å². The van der Waals surface area contributed by atoms with Crippen LogP contribution in [0.25, 0.3) is 22.0 Å². The molecule has 1 aromatic heterocycles. The Bertz CT molecular complexity index is 1740. The summed E-state index contributed by atoms with van der Waals surface area (Å²) in [6.45, 7) is 4.10. The van der Waals surface area contributed by atoms with Crippen LogP contribution in [-0.4, -0.2) is 58.2 Å². The molecule has 2 aliphatic heterocycles.